The molecule has 1 heterocycles. The van der Waals surface area contributed by atoms with Crippen molar-refractivity contribution in [3.05, 3.63) is 53.1 Å². The Kier molecular flexibility index (Phi) is 5.17. The lowest BCUT2D eigenvalue weighted by molar-refractivity contribution is 0.182. The highest BCUT2D eigenvalue weighted by Gasteiger charge is 2.35. The fourth-order valence-electron chi connectivity index (χ4n) is 4.54. The fourth-order valence-corrected chi connectivity index (χ4v) is 4.54. The van der Waals surface area contributed by atoms with Crippen LogP contribution in [0.1, 0.15) is 49.4 Å². The molecule has 2 aromatic carbocycles. The molecule has 1 N–H and O–H groups in total. The van der Waals surface area contributed by atoms with Crippen LogP contribution in [0.2, 0.25) is 0 Å². The highest BCUT2D eigenvalue weighted by Crippen LogP contribution is 2.48. The van der Waals surface area contributed by atoms with Crippen LogP contribution in [0.3, 0.4) is 0 Å². The van der Waals surface area contributed by atoms with Crippen LogP contribution in [-0.2, 0) is 12.8 Å². The van der Waals surface area contributed by atoms with Crippen molar-refractivity contribution in [3.8, 4) is 16.9 Å². The third-order valence-corrected chi connectivity index (χ3v) is 5.67. The first-order valence-corrected chi connectivity index (χ1v) is 10.2. The minimum atomic E-state index is -0.371. The number of rotatable bonds is 5. The maximum absolute atomic E-state index is 12.2. The van der Waals surface area contributed by atoms with Crippen molar-refractivity contribution in [2.75, 3.05) is 19.6 Å². The normalized spacial score (nSPS) is 17.8. The molecule has 1 aliphatic carbocycles. The van der Waals surface area contributed by atoms with E-state index in [1.807, 2.05) is 19.1 Å². The highest BCUT2D eigenvalue weighted by atomic mass is 16.6. The minimum Gasteiger partial charge on any atom is -0.410 e. The van der Waals surface area contributed by atoms with E-state index in [-0.39, 0.29) is 6.09 Å². The van der Waals surface area contributed by atoms with Crippen LogP contribution in [0.15, 0.2) is 36.4 Å². The van der Waals surface area contributed by atoms with E-state index in [0.29, 0.717) is 18.3 Å². The molecule has 142 valence electrons. The standard InChI is InChI=1S/C23H28N2O2/c1-3-12-24-23(26)27-20-10-6-8-17-15-19-21-16(11-14-25(19)13-4-2)7-5-9-18(21)22(17)20/h5-10,19H,3-4,11-15H2,1-2H3,(H,24,26). The summed E-state index contributed by atoms with van der Waals surface area (Å²) in [6, 6.07) is 13.1. The summed E-state index contributed by atoms with van der Waals surface area (Å²) in [6.45, 7) is 7.16. The van der Waals surface area contributed by atoms with Gasteiger partial charge in [-0.1, -0.05) is 44.2 Å². The molecule has 4 nitrogen and oxygen atoms in total. The summed E-state index contributed by atoms with van der Waals surface area (Å²) in [6.07, 6.45) is 3.76. The Morgan fingerprint density at radius 2 is 1.96 bits per heavy atom. The molecule has 1 aliphatic heterocycles. The molecule has 4 rings (SSSR count). The van der Waals surface area contributed by atoms with Gasteiger partial charge in [0.05, 0.1) is 0 Å². The summed E-state index contributed by atoms with van der Waals surface area (Å²) in [5.74, 6) is 0.667. The zero-order valence-electron chi connectivity index (χ0n) is 16.3. The topological polar surface area (TPSA) is 41.6 Å². The van der Waals surface area contributed by atoms with E-state index in [1.54, 1.807) is 0 Å². The summed E-state index contributed by atoms with van der Waals surface area (Å²) in [5.41, 5.74) is 6.48. The number of hydrogen-bond acceptors (Lipinski definition) is 3. The van der Waals surface area contributed by atoms with E-state index >= 15 is 0 Å². The van der Waals surface area contributed by atoms with Crippen LogP contribution in [-0.4, -0.2) is 30.6 Å². The number of hydrogen-bond donors (Lipinski definition) is 1. The highest BCUT2D eigenvalue weighted by molar-refractivity contribution is 5.83. The Balaban J connectivity index is 1.76. The summed E-state index contributed by atoms with van der Waals surface area (Å²) in [4.78, 5) is 14.8. The monoisotopic (exact) mass is 364 g/mol. The van der Waals surface area contributed by atoms with Crippen molar-refractivity contribution in [2.45, 2.75) is 45.6 Å². The molecule has 0 saturated carbocycles. The average Bonchev–Trinajstić information content (AvgIpc) is 2.68. The molecule has 1 unspecified atom stereocenters. The van der Waals surface area contributed by atoms with Crippen LogP contribution in [0, 0.1) is 0 Å². The van der Waals surface area contributed by atoms with Crippen molar-refractivity contribution >= 4 is 6.09 Å². The van der Waals surface area contributed by atoms with Gasteiger partial charge in [-0.05, 0) is 60.5 Å². The molecule has 0 radical (unpaired) electrons. The molecule has 2 aromatic rings. The minimum absolute atomic E-state index is 0.371. The molecule has 0 fully saturated rings. The van der Waals surface area contributed by atoms with E-state index in [0.717, 1.165) is 37.9 Å². The van der Waals surface area contributed by atoms with Crippen molar-refractivity contribution < 1.29 is 9.53 Å². The van der Waals surface area contributed by atoms with Crippen molar-refractivity contribution in [2.24, 2.45) is 0 Å². The van der Waals surface area contributed by atoms with E-state index in [4.69, 9.17) is 4.74 Å². The van der Waals surface area contributed by atoms with Crippen molar-refractivity contribution in [1.29, 1.82) is 0 Å². The van der Waals surface area contributed by atoms with Gasteiger partial charge < -0.3 is 10.1 Å². The van der Waals surface area contributed by atoms with Crippen LogP contribution in [0.5, 0.6) is 5.75 Å². The van der Waals surface area contributed by atoms with Gasteiger partial charge in [0.2, 0.25) is 0 Å². The number of amides is 1. The number of fused-ring (bicyclic) bond motifs is 2. The largest absolute Gasteiger partial charge is 0.412 e. The molecule has 1 atom stereocenters. The number of nitrogens with one attached hydrogen (secondary N) is 1. The third kappa shape index (κ3) is 3.34. The second kappa shape index (κ2) is 7.73. The predicted molar refractivity (Wildman–Crippen MR) is 108 cm³/mol. The van der Waals surface area contributed by atoms with E-state index in [9.17, 15) is 4.79 Å². The second-order valence-electron chi connectivity index (χ2n) is 7.49. The molecular formula is C23H28N2O2. The van der Waals surface area contributed by atoms with Crippen LogP contribution in [0.25, 0.3) is 11.1 Å². The van der Waals surface area contributed by atoms with Gasteiger partial charge in [-0.3, -0.25) is 4.90 Å². The molecule has 1 amide bonds. The fraction of sp³-hybridized carbons (Fsp3) is 0.435. The lowest BCUT2D eigenvalue weighted by Gasteiger charge is -2.41. The van der Waals surface area contributed by atoms with Crippen LogP contribution in [0.4, 0.5) is 4.79 Å². The van der Waals surface area contributed by atoms with E-state index < -0.39 is 0 Å². The molecule has 2 aliphatic rings. The first-order chi connectivity index (χ1) is 13.2. The van der Waals surface area contributed by atoms with Gasteiger partial charge >= 0.3 is 6.09 Å². The number of ether oxygens (including phenoxy) is 1. The summed E-state index contributed by atoms with van der Waals surface area (Å²) < 4.78 is 5.71. The van der Waals surface area contributed by atoms with Crippen LogP contribution >= 0.6 is 0 Å². The number of carbonyl (C=O) groups is 1. The molecular weight excluding hydrogens is 336 g/mol. The molecule has 4 heteroatoms. The summed E-state index contributed by atoms with van der Waals surface area (Å²) >= 11 is 0. The maximum atomic E-state index is 12.2. The number of benzene rings is 2. The van der Waals surface area contributed by atoms with Crippen molar-refractivity contribution in [1.82, 2.24) is 10.2 Å². The Morgan fingerprint density at radius 1 is 1.15 bits per heavy atom. The Hall–Kier alpha value is -2.33. The summed E-state index contributed by atoms with van der Waals surface area (Å²) in [7, 11) is 0. The molecule has 0 saturated heterocycles. The Labute approximate surface area is 161 Å². The smallest absolute Gasteiger partial charge is 0.410 e. The molecule has 0 spiro atoms. The predicted octanol–water partition coefficient (Wildman–Crippen LogP) is 4.72. The van der Waals surface area contributed by atoms with Gasteiger partial charge in [0, 0.05) is 24.7 Å². The lowest BCUT2D eigenvalue weighted by Crippen LogP contribution is -2.39. The van der Waals surface area contributed by atoms with Gasteiger partial charge in [0.25, 0.3) is 0 Å². The van der Waals surface area contributed by atoms with E-state index in [2.05, 4.69) is 41.4 Å². The second-order valence-corrected chi connectivity index (χ2v) is 7.49. The molecule has 0 bridgehead atoms. The Morgan fingerprint density at radius 3 is 2.78 bits per heavy atom. The molecule has 27 heavy (non-hydrogen) atoms. The zero-order valence-corrected chi connectivity index (χ0v) is 16.3. The van der Waals surface area contributed by atoms with Crippen LogP contribution < -0.4 is 10.1 Å². The number of carbonyl (C=O) groups excluding carboxylic acids is 1. The quantitative estimate of drug-likeness (QED) is 0.835. The number of nitrogens with zero attached hydrogens (tertiary/aromatic N) is 1. The lowest BCUT2D eigenvalue weighted by atomic mass is 9.77. The van der Waals surface area contributed by atoms with Gasteiger partial charge in [0.15, 0.2) is 0 Å². The summed E-state index contributed by atoms with van der Waals surface area (Å²) in [5, 5.41) is 2.81. The third-order valence-electron chi connectivity index (χ3n) is 5.67. The maximum Gasteiger partial charge on any atom is 0.412 e. The van der Waals surface area contributed by atoms with E-state index in [1.165, 1.54) is 28.7 Å². The first kappa shape index (κ1) is 18.1. The van der Waals surface area contributed by atoms with Gasteiger partial charge in [-0.25, -0.2) is 4.79 Å². The van der Waals surface area contributed by atoms with Gasteiger partial charge in [-0.2, -0.15) is 0 Å². The van der Waals surface area contributed by atoms with Gasteiger partial charge in [0.1, 0.15) is 5.75 Å². The SMILES string of the molecule is CCCNC(=O)Oc1cccc2c1-c1cccc3c1C(C2)N(CCC)CC3. The average molecular weight is 364 g/mol. The van der Waals surface area contributed by atoms with Crippen molar-refractivity contribution in [3.63, 3.8) is 0 Å². The van der Waals surface area contributed by atoms with Gasteiger partial charge in [-0.15, -0.1) is 0 Å². The Bertz CT molecular complexity index is 846. The zero-order chi connectivity index (χ0) is 18.8. The first-order valence-electron chi connectivity index (χ1n) is 10.2. The molecule has 0 aromatic heterocycles.